The Bertz CT molecular complexity index is 997. The van der Waals surface area contributed by atoms with Crippen molar-refractivity contribution >= 4 is 17.6 Å². The van der Waals surface area contributed by atoms with Crippen molar-refractivity contribution in [3.63, 3.8) is 0 Å². The average molecular weight is 366 g/mol. The zero-order valence-corrected chi connectivity index (χ0v) is 15.1. The summed E-state index contributed by atoms with van der Waals surface area (Å²) in [4.78, 5) is 24.5. The van der Waals surface area contributed by atoms with Crippen LogP contribution in [0.1, 0.15) is 26.5 Å². The minimum absolute atomic E-state index is 0.150. The number of carbonyl (C=O) groups is 2. The van der Waals surface area contributed by atoms with Crippen LogP contribution in [0.4, 0.5) is 5.69 Å². The Morgan fingerprint density at radius 2 is 1.85 bits per heavy atom. The number of ether oxygens (including phenoxy) is 2. The van der Waals surface area contributed by atoms with Crippen molar-refractivity contribution in [2.24, 2.45) is 0 Å². The van der Waals surface area contributed by atoms with Gasteiger partial charge in [0.2, 0.25) is 0 Å². The van der Waals surface area contributed by atoms with Gasteiger partial charge in [0.05, 0.1) is 36.9 Å². The first-order valence-corrected chi connectivity index (χ1v) is 8.10. The van der Waals surface area contributed by atoms with Gasteiger partial charge < -0.3 is 14.8 Å². The lowest BCUT2D eigenvalue weighted by atomic mass is 10.1. The molecule has 0 aliphatic heterocycles. The summed E-state index contributed by atoms with van der Waals surface area (Å²) in [5, 5.41) is 10.7. The Morgan fingerprint density at radius 1 is 1.07 bits per heavy atom. The van der Waals surface area contributed by atoms with Gasteiger partial charge in [0.25, 0.3) is 5.91 Å². The number of amides is 1. The molecule has 8 heteroatoms. The van der Waals surface area contributed by atoms with Crippen LogP contribution in [0.25, 0.3) is 5.69 Å². The minimum Gasteiger partial charge on any atom is -0.497 e. The van der Waals surface area contributed by atoms with E-state index in [0.29, 0.717) is 22.8 Å². The number of hydrogen-bond donors (Lipinski definition) is 1. The highest BCUT2D eigenvalue weighted by molar-refractivity contribution is 6.07. The molecule has 1 amide bonds. The quantitative estimate of drug-likeness (QED) is 0.698. The largest absolute Gasteiger partial charge is 0.497 e. The summed E-state index contributed by atoms with van der Waals surface area (Å²) in [5.74, 6) is -0.346. The molecular weight excluding hydrogens is 348 g/mol. The van der Waals surface area contributed by atoms with Gasteiger partial charge in [-0.1, -0.05) is 23.4 Å². The lowest BCUT2D eigenvalue weighted by Gasteiger charge is -2.09. The first kappa shape index (κ1) is 18.1. The van der Waals surface area contributed by atoms with E-state index in [9.17, 15) is 9.59 Å². The number of aromatic nitrogens is 3. The van der Waals surface area contributed by atoms with Crippen molar-refractivity contribution in [2.75, 3.05) is 19.5 Å². The highest BCUT2D eigenvalue weighted by Crippen LogP contribution is 2.20. The maximum Gasteiger partial charge on any atom is 0.339 e. The topological polar surface area (TPSA) is 95.3 Å². The fraction of sp³-hybridized carbons (Fsp3) is 0.158. The second-order valence-electron chi connectivity index (χ2n) is 5.63. The summed E-state index contributed by atoms with van der Waals surface area (Å²) in [7, 11) is 2.86. The fourth-order valence-electron chi connectivity index (χ4n) is 2.59. The molecule has 0 atom stereocenters. The van der Waals surface area contributed by atoms with Gasteiger partial charge >= 0.3 is 5.97 Å². The third-order valence-electron chi connectivity index (χ3n) is 3.99. The van der Waals surface area contributed by atoms with Crippen LogP contribution in [-0.4, -0.2) is 41.1 Å². The lowest BCUT2D eigenvalue weighted by Crippen LogP contribution is -2.17. The smallest absolute Gasteiger partial charge is 0.339 e. The Kier molecular flexibility index (Phi) is 5.16. The molecule has 27 heavy (non-hydrogen) atoms. The van der Waals surface area contributed by atoms with Crippen molar-refractivity contribution in [3.05, 3.63) is 65.5 Å². The zero-order valence-electron chi connectivity index (χ0n) is 15.1. The number of rotatable bonds is 5. The molecule has 138 valence electrons. The Morgan fingerprint density at radius 3 is 2.59 bits per heavy atom. The summed E-state index contributed by atoms with van der Waals surface area (Å²) in [6.45, 7) is 1.74. The van der Waals surface area contributed by atoms with E-state index in [1.165, 1.54) is 7.11 Å². The average Bonchev–Trinajstić information content (AvgIpc) is 3.09. The number of esters is 1. The van der Waals surface area contributed by atoms with Gasteiger partial charge in [0, 0.05) is 6.07 Å². The summed E-state index contributed by atoms with van der Waals surface area (Å²) in [5.41, 5.74) is 2.01. The first-order chi connectivity index (χ1) is 13.0. The molecule has 1 N–H and O–H groups in total. The van der Waals surface area contributed by atoms with Crippen LogP contribution >= 0.6 is 0 Å². The van der Waals surface area contributed by atoms with Crippen molar-refractivity contribution in [1.82, 2.24) is 15.0 Å². The molecular formula is C19H18N4O4. The van der Waals surface area contributed by atoms with Crippen molar-refractivity contribution in [1.29, 1.82) is 0 Å². The van der Waals surface area contributed by atoms with E-state index in [4.69, 9.17) is 9.47 Å². The van der Waals surface area contributed by atoms with E-state index in [2.05, 4.69) is 15.6 Å². The number of carbonyl (C=O) groups excluding carboxylic acids is 2. The van der Waals surface area contributed by atoms with Crippen LogP contribution in [-0.2, 0) is 4.74 Å². The number of benzene rings is 2. The van der Waals surface area contributed by atoms with Gasteiger partial charge in [0.1, 0.15) is 5.75 Å². The van der Waals surface area contributed by atoms with Crippen LogP contribution in [0.3, 0.4) is 0 Å². The molecule has 0 saturated carbocycles. The summed E-state index contributed by atoms with van der Waals surface area (Å²) < 4.78 is 11.5. The van der Waals surface area contributed by atoms with Crippen molar-refractivity contribution in [2.45, 2.75) is 6.92 Å². The molecule has 1 heterocycles. The highest BCUT2D eigenvalue weighted by atomic mass is 16.5. The molecule has 0 saturated heterocycles. The Hall–Kier alpha value is -3.68. The third-order valence-corrected chi connectivity index (χ3v) is 3.99. The molecule has 0 spiro atoms. The molecule has 0 unspecified atom stereocenters. The van der Waals surface area contributed by atoms with E-state index in [0.717, 1.165) is 0 Å². The minimum atomic E-state index is -0.539. The molecule has 0 aliphatic carbocycles. The second kappa shape index (κ2) is 7.69. The molecule has 3 aromatic rings. The number of nitrogens with zero attached hydrogens (tertiary/aromatic N) is 3. The molecule has 2 aromatic carbocycles. The predicted octanol–water partition coefficient (Wildman–Crippen LogP) is 2.62. The zero-order chi connectivity index (χ0) is 19.4. The molecule has 0 radical (unpaired) electrons. The highest BCUT2D eigenvalue weighted by Gasteiger charge is 2.20. The Balaban J connectivity index is 1.89. The number of anilines is 1. The van der Waals surface area contributed by atoms with E-state index in [1.807, 2.05) is 18.2 Å². The number of para-hydroxylation sites is 1. The maximum absolute atomic E-state index is 12.7. The molecule has 1 aromatic heterocycles. The van der Waals surface area contributed by atoms with Crippen molar-refractivity contribution in [3.8, 4) is 11.4 Å². The standard InChI is InChI=1S/C19H18N4O4/c1-12-17(21-22-23(12)13-7-6-8-14(11-13)26-2)18(24)20-16-10-5-4-9-15(16)19(25)27-3/h4-11H,1-3H3,(H,20,24). The SMILES string of the molecule is COC(=O)c1ccccc1NC(=O)c1nnn(-c2cccc(OC)c2)c1C. The van der Waals surface area contributed by atoms with Crippen LogP contribution < -0.4 is 10.1 Å². The summed E-state index contributed by atoms with van der Waals surface area (Å²) >= 11 is 0. The number of nitrogens with one attached hydrogen (secondary N) is 1. The van der Waals surface area contributed by atoms with Gasteiger partial charge in [-0.05, 0) is 31.2 Å². The van der Waals surface area contributed by atoms with Crippen LogP contribution in [0.5, 0.6) is 5.75 Å². The molecule has 0 fully saturated rings. The van der Waals surface area contributed by atoms with Crippen LogP contribution in [0, 0.1) is 6.92 Å². The van der Waals surface area contributed by atoms with E-state index in [-0.39, 0.29) is 11.3 Å². The number of methoxy groups -OCH3 is 2. The molecule has 0 aliphatic rings. The van der Waals surface area contributed by atoms with Gasteiger partial charge in [-0.3, -0.25) is 4.79 Å². The molecule has 8 nitrogen and oxygen atoms in total. The predicted molar refractivity (Wildman–Crippen MR) is 98.4 cm³/mol. The van der Waals surface area contributed by atoms with Crippen molar-refractivity contribution < 1.29 is 19.1 Å². The fourth-order valence-corrected chi connectivity index (χ4v) is 2.59. The monoisotopic (exact) mass is 366 g/mol. The van der Waals surface area contributed by atoms with Gasteiger partial charge in [0.15, 0.2) is 5.69 Å². The van der Waals surface area contributed by atoms with E-state index in [1.54, 1.807) is 49.0 Å². The van der Waals surface area contributed by atoms with E-state index >= 15 is 0 Å². The van der Waals surface area contributed by atoms with Crippen LogP contribution in [0.2, 0.25) is 0 Å². The third kappa shape index (κ3) is 3.64. The Labute approximate surface area is 155 Å². The summed E-state index contributed by atoms with van der Waals surface area (Å²) in [6, 6.07) is 13.8. The molecule has 0 bridgehead atoms. The van der Waals surface area contributed by atoms with Gasteiger partial charge in [-0.15, -0.1) is 5.10 Å². The normalized spacial score (nSPS) is 10.3. The lowest BCUT2D eigenvalue weighted by molar-refractivity contribution is 0.0602. The van der Waals surface area contributed by atoms with Gasteiger partial charge in [-0.2, -0.15) is 0 Å². The van der Waals surface area contributed by atoms with Gasteiger partial charge in [-0.25, -0.2) is 9.48 Å². The van der Waals surface area contributed by atoms with Crippen LogP contribution in [0.15, 0.2) is 48.5 Å². The second-order valence-corrected chi connectivity index (χ2v) is 5.63. The maximum atomic E-state index is 12.7. The first-order valence-electron chi connectivity index (χ1n) is 8.10. The number of hydrogen-bond acceptors (Lipinski definition) is 6. The van der Waals surface area contributed by atoms with E-state index < -0.39 is 11.9 Å². The molecule has 3 rings (SSSR count). The summed E-state index contributed by atoms with van der Waals surface area (Å²) in [6.07, 6.45) is 0.